The molecule has 0 aromatic rings. The number of alkyl carbamates (subject to hydrolysis) is 1. The van der Waals surface area contributed by atoms with Gasteiger partial charge in [-0.3, -0.25) is 4.79 Å². The normalized spacial score (nSPS) is 19.5. The monoisotopic (exact) mass is 379 g/mol. The van der Waals surface area contributed by atoms with Crippen LogP contribution in [0.1, 0.15) is 60.7 Å². The number of rotatable bonds is 10. The number of nitrogens with one attached hydrogen (secondary N) is 1. The van der Waals surface area contributed by atoms with Crippen LogP contribution in [0.2, 0.25) is 0 Å². The summed E-state index contributed by atoms with van der Waals surface area (Å²) in [4.78, 5) is 22.2. The quantitative estimate of drug-likeness (QED) is 0.448. The second kappa shape index (κ2) is 16.7. The highest BCUT2D eigenvalue weighted by Gasteiger charge is 2.21. The molecule has 1 fully saturated rings. The minimum atomic E-state index is -0.385. The predicted octanol–water partition coefficient (Wildman–Crippen LogP) is 3.63. The first kappa shape index (κ1) is 24.2. The standard InChI is InChI=1S/C15H27NO5S.C3H8.H2/c1-12(17)6-8-19-10-11-20-9-7-16-15(18)21-13-2-4-14(22)5-3-13;1-3-2;/h13-14,22H,2-11H2,1H3,(H,16,18);3H2,1-2H3;1H. The van der Waals surface area contributed by atoms with E-state index < -0.39 is 0 Å². The summed E-state index contributed by atoms with van der Waals surface area (Å²) in [5.74, 6) is 0.117. The smallest absolute Gasteiger partial charge is 0.407 e. The number of Topliss-reactive ketones (excluding diaryl/α,β-unsaturated/α-hetero) is 1. The van der Waals surface area contributed by atoms with Gasteiger partial charge in [0, 0.05) is 19.6 Å². The van der Waals surface area contributed by atoms with Crippen molar-refractivity contribution in [2.24, 2.45) is 0 Å². The van der Waals surface area contributed by atoms with Gasteiger partial charge < -0.3 is 19.5 Å². The van der Waals surface area contributed by atoms with Crippen molar-refractivity contribution in [2.45, 2.75) is 70.7 Å². The molecule has 0 spiro atoms. The zero-order valence-electron chi connectivity index (χ0n) is 15.9. The molecule has 6 nitrogen and oxygen atoms in total. The Morgan fingerprint density at radius 2 is 1.60 bits per heavy atom. The Hall–Kier alpha value is -0.790. The highest BCUT2D eigenvalue weighted by molar-refractivity contribution is 7.80. The van der Waals surface area contributed by atoms with E-state index in [9.17, 15) is 9.59 Å². The van der Waals surface area contributed by atoms with Crippen LogP contribution >= 0.6 is 12.6 Å². The van der Waals surface area contributed by atoms with Gasteiger partial charge in [0.15, 0.2) is 0 Å². The first-order chi connectivity index (χ1) is 12.0. The average molecular weight is 380 g/mol. The van der Waals surface area contributed by atoms with Gasteiger partial charge in [-0.1, -0.05) is 20.3 Å². The molecule has 1 rings (SSSR count). The number of ether oxygens (including phenoxy) is 3. The van der Waals surface area contributed by atoms with Gasteiger partial charge >= 0.3 is 6.09 Å². The molecule has 0 radical (unpaired) electrons. The first-order valence-corrected chi connectivity index (χ1v) is 9.78. The lowest BCUT2D eigenvalue weighted by Crippen LogP contribution is -2.33. The number of ketones is 1. The van der Waals surface area contributed by atoms with E-state index in [4.69, 9.17) is 14.2 Å². The molecule has 0 aliphatic heterocycles. The summed E-state index contributed by atoms with van der Waals surface area (Å²) >= 11 is 4.41. The Morgan fingerprint density at radius 3 is 2.16 bits per heavy atom. The van der Waals surface area contributed by atoms with Gasteiger partial charge in [-0.2, -0.15) is 12.6 Å². The van der Waals surface area contributed by atoms with Gasteiger partial charge in [0.1, 0.15) is 11.9 Å². The molecule has 25 heavy (non-hydrogen) atoms. The number of thiol groups is 1. The van der Waals surface area contributed by atoms with Crippen molar-refractivity contribution in [2.75, 3.05) is 33.0 Å². The summed E-state index contributed by atoms with van der Waals surface area (Å²) in [6.07, 6.45) is 5.07. The fourth-order valence-corrected chi connectivity index (χ4v) is 2.42. The zero-order chi connectivity index (χ0) is 18.9. The molecular formula is C18H37NO5S. The SMILES string of the molecule is CC(=O)CCOCCOCCNC(=O)OC1CCC(S)CC1.CCC.[HH]. The van der Waals surface area contributed by atoms with Crippen LogP contribution in [0, 0.1) is 0 Å². The van der Waals surface area contributed by atoms with Crippen LogP contribution in [0.4, 0.5) is 4.79 Å². The Labute approximate surface area is 159 Å². The van der Waals surface area contributed by atoms with Crippen molar-refractivity contribution in [3.8, 4) is 0 Å². The van der Waals surface area contributed by atoms with Crippen LogP contribution in [0.25, 0.3) is 0 Å². The van der Waals surface area contributed by atoms with Crippen LogP contribution in [0.15, 0.2) is 0 Å². The number of carbonyl (C=O) groups is 2. The summed E-state index contributed by atoms with van der Waals surface area (Å²) in [5, 5.41) is 3.11. The highest BCUT2D eigenvalue weighted by Crippen LogP contribution is 2.24. The topological polar surface area (TPSA) is 73.9 Å². The van der Waals surface area contributed by atoms with Gasteiger partial charge in [0.25, 0.3) is 0 Å². The molecule has 0 bridgehead atoms. The van der Waals surface area contributed by atoms with Crippen LogP contribution < -0.4 is 5.32 Å². The maximum absolute atomic E-state index is 11.6. The fourth-order valence-electron chi connectivity index (χ4n) is 2.12. The summed E-state index contributed by atoms with van der Waals surface area (Å²) in [7, 11) is 0. The predicted molar refractivity (Wildman–Crippen MR) is 105 cm³/mol. The average Bonchev–Trinajstić information content (AvgIpc) is 2.56. The first-order valence-electron chi connectivity index (χ1n) is 9.27. The number of amides is 1. The van der Waals surface area contributed by atoms with Crippen molar-refractivity contribution >= 4 is 24.5 Å². The number of carbonyl (C=O) groups excluding carboxylic acids is 2. The lowest BCUT2D eigenvalue weighted by molar-refractivity contribution is -0.118. The third kappa shape index (κ3) is 16.4. The molecule has 0 saturated heterocycles. The van der Waals surface area contributed by atoms with Crippen molar-refractivity contribution in [1.29, 1.82) is 0 Å². The van der Waals surface area contributed by atoms with Gasteiger partial charge in [0.05, 0.1) is 26.4 Å². The van der Waals surface area contributed by atoms with Crippen LogP contribution in [-0.4, -0.2) is 56.2 Å². The summed E-state index contributed by atoms with van der Waals surface area (Å²) in [5.41, 5.74) is 0. The van der Waals surface area contributed by atoms with E-state index in [1.54, 1.807) is 0 Å². The minimum Gasteiger partial charge on any atom is -0.446 e. The molecule has 0 heterocycles. The maximum atomic E-state index is 11.6. The molecular weight excluding hydrogens is 342 g/mol. The lowest BCUT2D eigenvalue weighted by atomic mass is 9.97. The Kier molecular flexibility index (Phi) is 16.1. The largest absolute Gasteiger partial charge is 0.446 e. The Balaban J connectivity index is 0. The van der Waals surface area contributed by atoms with E-state index in [0.717, 1.165) is 25.7 Å². The third-order valence-electron chi connectivity index (χ3n) is 3.40. The van der Waals surface area contributed by atoms with Gasteiger partial charge in [-0.25, -0.2) is 4.79 Å². The number of hydrogen-bond donors (Lipinski definition) is 2. The van der Waals surface area contributed by atoms with Crippen LogP contribution in [0.5, 0.6) is 0 Å². The molecule has 1 aliphatic rings. The van der Waals surface area contributed by atoms with Crippen LogP contribution in [0.3, 0.4) is 0 Å². The highest BCUT2D eigenvalue weighted by atomic mass is 32.1. The van der Waals surface area contributed by atoms with Gasteiger partial charge in [-0.05, 0) is 32.6 Å². The van der Waals surface area contributed by atoms with E-state index in [0.29, 0.717) is 44.6 Å². The molecule has 150 valence electrons. The molecule has 0 aromatic carbocycles. The van der Waals surface area contributed by atoms with Crippen molar-refractivity contribution in [1.82, 2.24) is 5.32 Å². The Bertz CT molecular complexity index is 352. The van der Waals surface area contributed by atoms with E-state index >= 15 is 0 Å². The van der Waals surface area contributed by atoms with Crippen molar-refractivity contribution < 1.29 is 25.2 Å². The summed E-state index contributed by atoms with van der Waals surface area (Å²) in [6.45, 7) is 7.93. The molecule has 7 heteroatoms. The number of hydrogen-bond acceptors (Lipinski definition) is 6. The summed E-state index contributed by atoms with van der Waals surface area (Å²) < 4.78 is 15.8. The van der Waals surface area contributed by atoms with E-state index in [2.05, 4.69) is 31.8 Å². The zero-order valence-corrected chi connectivity index (χ0v) is 16.8. The minimum absolute atomic E-state index is 0. The molecule has 0 aromatic heterocycles. The Morgan fingerprint density at radius 1 is 1.04 bits per heavy atom. The van der Waals surface area contributed by atoms with E-state index in [1.165, 1.54) is 13.3 Å². The van der Waals surface area contributed by atoms with E-state index in [-0.39, 0.29) is 19.4 Å². The molecule has 0 unspecified atom stereocenters. The van der Waals surface area contributed by atoms with Gasteiger partial charge in [0.2, 0.25) is 0 Å². The van der Waals surface area contributed by atoms with Crippen LogP contribution in [-0.2, 0) is 19.0 Å². The summed E-state index contributed by atoms with van der Waals surface area (Å²) in [6, 6.07) is 0. The second-order valence-electron chi connectivity index (χ2n) is 6.15. The maximum Gasteiger partial charge on any atom is 0.407 e. The molecule has 1 saturated carbocycles. The molecule has 1 aliphatic carbocycles. The second-order valence-corrected chi connectivity index (χ2v) is 6.88. The fraction of sp³-hybridized carbons (Fsp3) is 0.889. The van der Waals surface area contributed by atoms with E-state index in [1.807, 2.05) is 0 Å². The molecule has 1 N–H and O–H groups in total. The van der Waals surface area contributed by atoms with Crippen molar-refractivity contribution in [3.63, 3.8) is 0 Å². The third-order valence-corrected chi connectivity index (χ3v) is 3.92. The van der Waals surface area contributed by atoms with Crippen molar-refractivity contribution in [3.05, 3.63) is 0 Å². The lowest BCUT2D eigenvalue weighted by Gasteiger charge is -2.25. The van der Waals surface area contributed by atoms with Gasteiger partial charge in [-0.15, -0.1) is 0 Å². The molecule has 1 amide bonds. The molecule has 0 atom stereocenters.